The molecule has 0 saturated heterocycles. The second kappa shape index (κ2) is 5.54. The van der Waals surface area contributed by atoms with E-state index in [0.717, 1.165) is 12.8 Å². The van der Waals surface area contributed by atoms with Gasteiger partial charge in [-0.15, -0.1) is 0 Å². The van der Waals surface area contributed by atoms with Crippen LogP contribution in [-0.4, -0.2) is 23.9 Å². The Kier molecular flexibility index (Phi) is 4.35. The van der Waals surface area contributed by atoms with E-state index >= 15 is 0 Å². The first kappa shape index (κ1) is 12.6. The third-order valence-corrected chi connectivity index (χ3v) is 3.00. The van der Waals surface area contributed by atoms with Crippen molar-refractivity contribution in [1.82, 2.24) is 4.90 Å². The molecule has 1 amide bonds. The monoisotopic (exact) mass is 220 g/mol. The first-order chi connectivity index (χ1) is 7.61. The van der Waals surface area contributed by atoms with Gasteiger partial charge in [0.05, 0.1) is 5.56 Å². The minimum Gasteiger partial charge on any atom is -0.398 e. The topological polar surface area (TPSA) is 46.3 Å². The van der Waals surface area contributed by atoms with E-state index < -0.39 is 0 Å². The zero-order valence-corrected chi connectivity index (χ0v) is 10.2. The molecule has 0 aromatic heterocycles. The van der Waals surface area contributed by atoms with Crippen LogP contribution in [0.5, 0.6) is 0 Å². The fraction of sp³-hybridized carbons (Fsp3) is 0.462. The SMILES string of the molecule is CCC(CC)N(C)C(=O)c1ccccc1N. The molecule has 0 aliphatic heterocycles. The maximum atomic E-state index is 12.2. The van der Waals surface area contributed by atoms with E-state index in [4.69, 9.17) is 5.73 Å². The van der Waals surface area contributed by atoms with Gasteiger partial charge < -0.3 is 10.6 Å². The Hall–Kier alpha value is -1.51. The van der Waals surface area contributed by atoms with Crippen molar-refractivity contribution in [3.63, 3.8) is 0 Å². The highest BCUT2D eigenvalue weighted by atomic mass is 16.2. The number of rotatable bonds is 4. The fourth-order valence-electron chi connectivity index (χ4n) is 1.88. The molecule has 0 atom stereocenters. The Morgan fingerprint density at radius 1 is 1.31 bits per heavy atom. The number of hydrogen-bond donors (Lipinski definition) is 1. The number of anilines is 1. The van der Waals surface area contributed by atoms with Gasteiger partial charge in [-0.25, -0.2) is 0 Å². The highest BCUT2D eigenvalue weighted by molar-refractivity contribution is 5.99. The minimum atomic E-state index is 0.00630. The van der Waals surface area contributed by atoms with Crippen molar-refractivity contribution in [2.75, 3.05) is 12.8 Å². The number of amides is 1. The molecule has 16 heavy (non-hydrogen) atoms. The normalized spacial score (nSPS) is 10.5. The third kappa shape index (κ3) is 2.54. The van der Waals surface area contributed by atoms with Gasteiger partial charge in [0, 0.05) is 18.8 Å². The fourth-order valence-corrected chi connectivity index (χ4v) is 1.88. The molecule has 0 aliphatic rings. The van der Waals surface area contributed by atoms with Gasteiger partial charge in [-0.05, 0) is 25.0 Å². The Bertz CT molecular complexity index is 359. The highest BCUT2D eigenvalue weighted by Gasteiger charge is 2.19. The molecule has 0 heterocycles. The predicted octanol–water partition coefficient (Wildman–Crippen LogP) is 2.53. The van der Waals surface area contributed by atoms with E-state index in [1.807, 2.05) is 19.2 Å². The summed E-state index contributed by atoms with van der Waals surface area (Å²) in [7, 11) is 1.84. The van der Waals surface area contributed by atoms with Gasteiger partial charge in [0.15, 0.2) is 0 Å². The van der Waals surface area contributed by atoms with E-state index in [2.05, 4.69) is 13.8 Å². The summed E-state index contributed by atoms with van der Waals surface area (Å²) in [6.07, 6.45) is 1.93. The lowest BCUT2D eigenvalue weighted by Crippen LogP contribution is -2.36. The largest absolute Gasteiger partial charge is 0.398 e. The van der Waals surface area contributed by atoms with Gasteiger partial charge >= 0.3 is 0 Å². The molecular weight excluding hydrogens is 200 g/mol. The molecule has 2 N–H and O–H groups in total. The molecule has 3 nitrogen and oxygen atoms in total. The minimum absolute atomic E-state index is 0.00630. The van der Waals surface area contributed by atoms with E-state index in [-0.39, 0.29) is 11.9 Å². The van der Waals surface area contributed by atoms with E-state index in [9.17, 15) is 4.79 Å². The number of carbonyl (C=O) groups excluding carboxylic acids is 1. The molecule has 88 valence electrons. The zero-order chi connectivity index (χ0) is 12.1. The maximum Gasteiger partial charge on any atom is 0.255 e. The summed E-state index contributed by atoms with van der Waals surface area (Å²) in [4.78, 5) is 14.0. The number of nitrogen functional groups attached to an aromatic ring is 1. The van der Waals surface area contributed by atoms with E-state index in [1.165, 1.54) is 0 Å². The summed E-state index contributed by atoms with van der Waals surface area (Å²) < 4.78 is 0. The molecule has 0 saturated carbocycles. The summed E-state index contributed by atoms with van der Waals surface area (Å²) in [5.41, 5.74) is 6.94. The standard InChI is InChI=1S/C13H20N2O/c1-4-10(5-2)15(3)13(16)11-8-6-7-9-12(11)14/h6-10H,4-5,14H2,1-3H3. The lowest BCUT2D eigenvalue weighted by molar-refractivity contribution is 0.0725. The van der Waals surface area contributed by atoms with Crippen LogP contribution in [0.3, 0.4) is 0 Å². The Labute approximate surface area is 97.2 Å². The molecule has 0 aliphatic carbocycles. The average molecular weight is 220 g/mol. The zero-order valence-electron chi connectivity index (χ0n) is 10.2. The molecule has 0 spiro atoms. The lowest BCUT2D eigenvalue weighted by atomic mass is 10.1. The van der Waals surface area contributed by atoms with Crippen molar-refractivity contribution in [3.8, 4) is 0 Å². The van der Waals surface area contributed by atoms with Gasteiger partial charge in [-0.3, -0.25) is 4.79 Å². The van der Waals surface area contributed by atoms with Crippen LogP contribution >= 0.6 is 0 Å². The summed E-state index contributed by atoms with van der Waals surface area (Å²) in [6, 6.07) is 7.49. The van der Waals surface area contributed by atoms with Gasteiger partial charge in [0.25, 0.3) is 5.91 Å². The number of para-hydroxylation sites is 1. The number of carbonyl (C=O) groups is 1. The summed E-state index contributed by atoms with van der Waals surface area (Å²) in [5.74, 6) is 0.00630. The molecule has 0 unspecified atom stereocenters. The lowest BCUT2D eigenvalue weighted by Gasteiger charge is -2.26. The molecule has 0 radical (unpaired) electrons. The highest BCUT2D eigenvalue weighted by Crippen LogP contribution is 2.16. The van der Waals surface area contributed by atoms with Gasteiger partial charge in [-0.1, -0.05) is 26.0 Å². The second-order valence-corrected chi connectivity index (χ2v) is 3.97. The first-order valence-corrected chi connectivity index (χ1v) is 5.73. The van der Waals surface area contributed by atoms with Crippen LogP contribution in [-0.2, 0) is 0 Å². The Balaban J connectivity index is 2.90. The van der Waals surface area contributed by atoms with E-state index in [0.29, 0.717) is 11.3 Å². The average Bonchev–Trinajstić information content (AvgIpc) is 2.30. The third-order valence-electron chi connectivity index (χ3n) is 3.00. The second-order valence-electron chi connectivity index (χ2n) is 3.97. The van der Waals surface area contributed by atoms with Crippen molar-refractivity contribution in [2.24, 2.45) is 0 Å². The Morgan fingerprint density at radius 2 is 1.88 bits per heavy atom. The number of hydrogen-bond acceptors (Lipinski definition) is 2. The van der Waals surface area contributed by atoms with Crippen molar-refractivity contribution in [2.45, 2.75) is 32.7 Å². The van der Waals surface area contributed by atoms with Crippen LogP contribution in [0.25, 0.3) is 0 Å². The summed E-state index contributed by atoms with van der Waals surface area (Å²) in [6.45, 7) is 4.18. The van der Waals surface area contributed by atoms with Crippen LogP contribution in [0, 0.1) is 0 Å². The first-order valence-electron chi connectivity index (χ1n) is 5.73. The summed E-state index contributed by atoms with van der Waals surface area (Å²) >= 11 is 0. The molecule has 1 aromatic rings. The van der Waals surface area contributed by atoms with Gasteiger partial charge in [0.2, 0.25) is 0 Å². The quantitative estimate of drug-likeness (QED) is 0.792. The van der Waals surface area contributed by atoms with Crippen LogP contribution in [0.15, 0.2) is 24.3 Å². The van der Waals surface area contributed by atoms with E-state index in [1.54, 1.807) is 17.0 Å². The smallest absolute Gasteiger partial charge is 0.255 e. The van der Waals surface area contributed by atoms with Crippen molar-refractivity contribution in [1.29, 1.82) is 0 Å². The molecule has 1 aromatic carbocycles. The number of nitrogens with zero attached hydrogens (tertiary/aromatic N) is 1. The van der Waals surface area contributed by atoms with Gasteiger partial charge in [-0.2, -0.15) is 0 Å². The molecule has 1 rings (SSSR count). The molecular formula is C13H20N2O. The molecule has 3 heteroatoms. The van der Waals surface area contributed by atoms with Crippen LogP contribution < -0.4 is 5.73 Å². The predicted molar refractivity (Wildman–Crippen MR) is 67.3 cm³/mol. The Morgan fingerprint density at radius 3 is 2.38 bits per heavy atom. The summed E-state index contributed by atoms with van der Waals surface area (Å²) in [5, 5.41) is 0. The number of nitrogens with two attached hydrogens (primary N) is 1. The van der Waals surface area contributed by atoms with Crippen molar-refractivity contribution < 1.29 is 4.79 Å². The maximum absolute atomic E-state index is 12.2. The van der Waals surface area contributed by atoms with Crippen molar-refractivity contribution in [3.05, 3.63) is 29.8 Å². The number of benzene rings is 1. The van der Waals surface area contributed by atoms with Crippen LogP contribution in [0.4, 0.5) is 5.69 Å². The van der Waals surface area contributed by atoms with Crippen molar-refractivity contribution >= 4 is 11.6 Å². The molecule has 0 fully saturated rings. The molecule has 0 bridgehead atoms. The van der Waals surface area contributed by atoms with Crippen LogP contribution in [0.2, 0.25) is 0 Å². The van der Waals surface area contributed by atoms with Gasteiger partial charge in [0.1, 0.15) is 0 Å². The van der Waals surface area contributed by atoms with Crippen LogP contribution in [0.1, 0.15) is 37.0 Å².